The molecule has 0 atom stereocenters. The standard InChI is InChI=1S/C16H23N/c1-17-13-11-16(12-14-17)10-6-5-9-15-7-3-2-4-8-15/h2-4,7-8,11H,5-6,9-10,12-14H2,1H3. The molecule has 2 rings (SSSR count). The van der Waals surface area contributed by atoms with E-state index in [1.807, 2.05) is 0 Å². The van der Waals surface area contributed by atoms with Gasteiger partial charge in [-0.2, -0.15) is 0 Å². The fourth-order valence-corrected chi connectivity index (χ4v) is 2.37. The zero-order chi connectivity index (χ0) is 11.9. The zero-order valence-electron chi connectivity index (χ0n) is 10.9. The molecule has 1 heteroatoms. The van der Waals surface area contributed by atoms with Crippen molar-refractivity contribution in [1.82, 2.24) is 4.90 Å². The van der Waals surface area contributed by atoms with Crippen LogP contribution in [0.15, 0.2) is 42.0 Å². The first-order valence-corrected chi connectivity index (χ1v) is 6.75. The van der Waals surface area contributed by atoms with Crippen molar-refractivity contribution in [3.05, 3.63) is 47.5 Å². The molecule has 0 saturated heterocycles. The average molecular weight is 229 g/mol. The third-order valence-electron chi connectivity index (χ3n) is 3.56. The van der Waals surface area contributed by atoms with Crippen molar-refractivity contribution >= 4 is 0 Å². The predicted molar refractivity (Wildman–Crippen MR) is 74.2 cm³/mol. The third-order valence-corrected chi connectivity index (χ3v) is 3.56. The van der Waals surface area contributed by atoms with Gasteiger partial charge in [0.05, 0.1) is 0 Å². The van der Waals surface area contributed by atoms with E-state index in [-0.39, 0.29) is 0 Å². The highest BCUT2D eigenvalue weighted by Gasteiger charge is 2.06. The number of aryl methyl sites for hydroxylation is 1. The summed E-state index contributed by atoms with van der Waals surface area (Å²) in [5.74, 6) is 0. The highest BCUT2D eigenvalue weighted by atomic mass is 15.1. The van der Waals surface area contributed by atoms with Crippen LogP contribution in [0, 0.1) is 0 Å². The molecule has 1 heterocycles. The van der Waals surface area contributed by atoms with Crippen LogP contribution in [0.5, 0.6) is 0 Å². The molecule has 1 aliphatic rings. The van der Waals surface area contributed by atoms with Crippen molar-refractivity contribution in [1.29, 1.82) is 0 Å². The lowest BCUT2D eigenvalue weighted by atomic mass is 10.00. The first-order chi connectivity index (χ1) is 8.34. The fourth-order valence-electron chi connectivity index (χ4n) is 2.37. The number of unbranched alkanes of at least 4 members (excludes halogenated alkanes) is 1. The maximum Gasteiger partial charge on any atom is 0.0162 e. The molecule has 92 valence electrons. The van der Waals surface area contributed by atoms with E-state index in [4.69, 9.17) is 0 Å². The first kappa shape index (κ1) is 12.4. The van der Waals surface area contributed by atoms with Gasteiger partial charge in [0.25, 0.3) is 0 Å². The van der Waals surface area contributed by atoms with Crippen LogP contribution in [0.3, 0.4) is 0 Å². The molecule has 0 radical (unpaired) electrons. The number of nitrogens with zero attached hydrogens (tertiary/aromatic N) is 1. The summed E-state index contributed by atoms with van der Waals surface area (Å²) < 4.78 is 0. The average Bonchev–Trinajstić information content (AvgIpc) is 2.38. The van der Waals surface area contributed by atoms with Crippen molar-refractivity contribution in [2.24, 2.45) is 0 Å². The van der Waals surface area contributed by atoms with Crippen LogP contribution in [-0.4, -0.2) is 25.0 Å². The van der Waals surface area contributed by atoms with Crippen LogP contribution in [-0.2, 0) is 6.42 Å². The first-order valence-electron chi connectivity index (χ1n) is 6.75. The van der Waals surface area contributed by atoms with Crippen LogP contribution in [0.1, 0.15) is 31.2 Å². The molecular weight excluding hydrogens is 206 g/mol. The summed E-state index contributed by atoms with van der Waals surface area (Å²) in [5, 5.41) is 0. The Kier molecular flexibility index (Phi) is 4.81. The molecule has 0 saturated carbocycles. The summed E-state index contributed by atoms with van der Waals surface area (Å²) in [7, 11) is 2.20. The van der Waals surface area contributed by atoms with Gasteiger partial charge < -0.3 is 4.90 Å². The van der Waals surface area contributed by atoms with Gasteiger partial charge in [0, 0.05) is 13.1 Å². The second-order valence-corrected chi connectivity index (χ2v) is 5.07. The van der Waals surface area contributed by atoms with Crippen LogP contribution in [0.2, 0.25) is 0 Å². The number of hydrogen-bond donors (Lipinski definition) is 0. The molecule has 0 bridgehead atoms. The van der Waals surface area contributed by atoms with Gasteiger partial charge >= 0.3 is 0 Å². The Morgan fingerprint density at radius 1 is 1.06 bits per heavy atom. The van der Waals surface area contributed by atoms with E-state index in [9.17, 15) is 0 Å². The highest BCUT2D eigenvalue weighted by molar-refractivity contribution is 5.14. The molecule has 1 aliphatic heterocycles. The monoisotopic (exact) mass is 229 g/mol. The second-order valence-electron chi connectivity index (χ2n) is 5.07. The Balaban J connectivity index is 1.64. The Labute approximate surface area is 105 Å². The van der Waals surface area contributed by atoms with Crippen LogP contribution in [0.25, 0.3) is 0 Å². The van der Waals surface area contributed by atoms with Gasteiger partial charge in [-0.15, -0.1) is 0 Å². The molecule has 0 spiro atoms. The van der Waals surface area contributed by atoms with Gasteiger partial charge in [-0.25, -0.2) is 0 Å². The van der Waals surface area contributed by atoms with Crippen molar-refractivity contribution in [3.8, 4) is 0 Å². The van der Waals surface area contributed by atoms with Crippen LogP contribution in [0.4, 0.5) is 0 Å². The van der Waals surface area contributed by atoms with Crippen LogP contribution < -0.4 is 0 Å². The Morgan fingerprint density at radius 3 is 2.53 bits per heavy atom. The number of benzene rings is 1. The molecule has 0 N–H and O–H groups in total. The maximum atomic E-state index is 2.42. The summed E-state index contributed by atoms with van der Waals surface area (Å²) >= 11 is 0. The molecular formula is C16H23N. The van der Waals surface area contributed by atoms with E-state index in [0.29, 0.717) is 0 Å². The predicted octanol–water partition coefficient (Wildman–Crippen LogP) is 3.66. The summed E-state index contributed by atoms with van der Waals surface area (Å²) in [6.07, 6.45) is 8.89. The lowest BCUT2D eigenvalue weighted by Crippen LogP contribution is -2.24. The molecule has 17 heavy (non-hydrogen) atoms. The van der Waals surface area contributed by atoms with Crippen molar-refractivity contribution in [2.45, 2.75) is 32.1 Å². The molecule has 1 nitrogen and oxygen atoms in total. The SMILES string of the molecule is CN1CC=C(CCCCc2ccccc2)CC1. The lowest BCUT2D eigenvalue weighted by molar-refractivity contribution is 0.355. The van der Waals surface area contributed by atoms with Crippen molar-refractivity contribution in [2.75, 3.05) is 20.1 Å². The van der Waals surface area contributed by atoms with Gasteiger partial charge in [-0.1, -0.05) is 42.0 Å². The van der Waals surface area contributed by atoms with Crippen molar-refractivity contribution < 1.29 is 0 Å². The smallest absolute Gasteiger partial charge is 0.0162 e. The highest BCUT2D eigenvalue weighted by Crippen LogP contribution is 2.17. The largest absolute Gasteiger partial charge is 0.302 e. The molecule has 0 unspecified atom stereocenters. The second kappa shape index (κ2) is 6.61. The van der Waals surface area contributed by atoms with E-state index < -0.39 is 0 Å². The van der Waals surface area contributed by atoms with Gasteiger partial charge in [0.15, 0.2) is 0 Å². The minimum Gasteiger partial charge on any atom is -0.302 e. The van der Waals surface area contributed by atoms with Gasteiger partial charge in [-0.05, 0) is 44.7 Å². The van der Waals surface area contributed by atoms with Crippen molar-refractivity contribution in [3.63, 3.8) is 0 Å². The normalized spacial score (nSPS) is 16.9. The minimum absolute atomic E-state index is 1.15. The number of rotatable bonds is 5. The Morgan fingerprint density at radius 2 is 1.82 bits per heavy atom. The Bertz CT molecular complexity index is 353. The van der Waals surface area contributed by atoms with Gasteiger partial charge in [0.1, 0.15) is 0 Å². The number of hydrogen-bond acceptors (Lipinski definition) is 1. The van der Waals surface area contributed by atoms with E-state index in [2.05, 4.69) is 48.4 Å². The fraction of sp³-hybridized carbons (Fsp3) is 0.500. The van der Waals surface area contributed by atoms with Crippen LogP contribution >= 0.6 is 0 Å². The maximum absolute atomic E-state index is 2.42. The molecule has 1 aromatic carbocycles. The van der Waals surface area contributed by atoms with E-state index in [0.717, 1.165) is 6.54 Å². The molecule has 1 aromatic rings. The van der Waals surface area contributed by atoms with Gasteiger partial charge in [-0.3, -0.25) is 0 Å². The Hall–Kier alpha value is -1.08. The van der Waals surface area contributed by atoms with E-state index >= 15 is 0 Å². The number of likely N-dealkylation sites (N-methyl/N-ethyl adjacent to an activating group) is 1. The topological polar surface area (TPSA) is 3.24 Å². The third kappa shape index (κ3) is 4.35. The summed E-state index contributed by atoms with van der Waals surface area (Å²) in [6.45, 7) is 2.39. The molecule has 0 fully saturated rings. The van der Waals surface area contributed by atoms with E-state index in [1.54, 1.807) is 5.57 Å². The molecule has 0 amide bonds. The quantitative estimate of drug-likeness (QED) is 0.550. The minimum atomic E-state index is 1.15. The summed E-state index contributed by atoms with van der Waals surface area (Å²) in [6, 6.07) is 10.8. The van der Waals surface area contributed by atoms with E-state index in [1.165, 1.54) is 44.2 Å². The van der Waals surface area contributed by atoms with Gasteiger partial charge in [0.2, 0.25) is 0 Å². The summed E-state index contributed by atoms with van der Waals surface area (Å²) in [4.78, 5) is 2.38. The lowest BCUT2D eigenvalue weighted by Gasteiger charge is -2.21. The molecule has 0 aromatic heterocycles. The molecule has 0 aliphatic carbocycles. The summed E-state index contributed by atoms with van der Waals surface area (Å²) in [5.41, 5.74) is 3.15. The zero-order valence-corrected chi connectivity index (χ0v) is 10.9.